The molecule has 1 unspecified atom stereocenters. The number of carboxylic acids is 1. The third-order valence-electron chi connectivity index (χ3n) is 2.77. The summed E-state index contributed by atoms with van der Waals surface area (Å²) in [5.41, 5.74) is 0.325. The van der Waals surface area contributed by atoms with Crippen LogP contribution >= 0.6 is 43.6 Å². The monoisotopic (exact) mass is 422 g/mol. The molecule has 1 amide bonds. The van der Waals surface area contributed by atoms with Crippen LogP contribution in [0.2, 0.25) is 0 Å². The van der Waals surface area contributed by atoms with E-state index in [1.807, 2.05) is 0 Å². The molecule has 1 aromatic carbocycles. The van der Waals surface area contributed by atoms with E-state index in [0.29, 0.717) is 14.7 Å². The summed E-state index contributed by atoms with van der Waals surface area (Å²) >= 11 is 8.22. The van der Waals surface area contributed by atoms with Gasteiger partial charge in [0.25, 0.3) is 0 Å². The number of benzene rings is 1. The molecule has 0 aliphatic carbocycles. The maximum absolute atomic E-state index is 12.2. The number of anilines is 1. The third kappa shape index (κ3) is 3.75. The van der Waals surface area contributed by atoms with Crippen LogP contribution in [0.3, 0.4) is 0 Å². The highest BCUT2D eigenvalue weighted by Gasteiger charge is 2.24. The Hall–Kier alpha value is -0.570. The lowest BCUT2D eigenvalue weighted by atomic mass is 10.1. The van der Waals surface area contributed by atoms with E-state index in [4.69, 9.17) is 0 Å². The molecule has 20 heavy (non-hydrogen) atoms. The average molecular weight is 424 g/mol. The topological polar surface area (TPSA) is 78.4 Å². The second-order valence-electron chi connectivity index (χ2n) is 4.19. The minimum atomic E-state index is -1.09. The van der Waals surface area contributed by atoms with Crippen LogP contribution < -0.4 is 10.6 Å². The van der Waals surface area contributed by atoms with Gasteiger partial charge in [0, 0.05) is 27.0 Å². The molecular weight excluding hydrogens is 412 g/mol. The SMILES string of the molecule is O=C(O)c1cc(Br)cc(Br)c1NC(=O)C1CSCCN1. The molecule has 0 radical (unpaired) electrons. The van der Waals surface area contributed by atoms with Crippen molar-refractivity contribution in [3.05, 3.63) is 26.6 Å². The molecule has 0 bridgehead atoms. The molecule has 1 aromatic rings. The first-order valence-electron chi connectivity index (χ1n) is 5.83. The van der Waals surface area contributed by atoms with Crippen molar-refractivity contribution in [1.29, 1.82) is 0 Å². The predicted molar refractivity (Wildman–Crippen MR) is 86.5 cm³/mol. The van der Waals surface area contributed by atoms with Gasteiger partial charge in [0.05, 0.1) is 17.3 Å². The fraction of sp³-hybridized carbons (Fsp3) is 0.333. The van der Waals surface area contributed by atoms with Crippen LogP contribution in [0, 0.1) is 0 Å². The highest BCUT2D eigenvalue weighted by Crippen LogP contribution is 2.31. The molecule has 1 aliphatic heterocycles. The van der Waals surface area contributed by atoms with E-state index in [1.54, 1.807) is 17.8 Å². The van der Waals surface area contributed by atoms with Gasteiger partial charge in [-0.3, -0.25) is 4.79 Å². The Morgan fingerprint density at radius 3 is 2.75 bits per heavy atom. The lowest BCUT2D eigenvalue weighted by Crippen LogP contribution is -2.46. The predicted octanol–water partition coefficient (Wildman–Crippen LogP) is 2.55. The van der Waals surface area contributed by atoms with Crippen molar-refractivity contribution < 1.29 is 14.7 Å². The summed E-state index contributed by atoms with van der Waals surface area (Å²) in [7, 11) is 0. The van der Waals surface area contributed by atoms with Crippen LogP contribution in [0.4, 0.5) is 5.69 Å². The van der Waals surface area contributed by atoms with Gasteiger partial charge >= 0.3 is 5.97 Å². The van der Waals surface area contributed by atoms with Crippen molar-refractivity contribution in [1.82, 2.24) is 5.32 Å². The zero-order valence-electron chi connectivity index (χ0n) is 10.3. The van der Waals surface area contributed by atoms with E-state index in [9.17, 15) is 14.7 Å². The maximum Gasteiger partial charge on any atom is 0.337 e. The Bertz CT molecular complexity index is 548. The fourth-order valence-corrected chi connectivity index (χ4v) is 4.07. The Balaban J connectivity index is 2.23. The summed E-state index contributed by atoms with van der Waals surface area (Å²) in [5, 5.41) is 15.0. The minimum absolute atomic E-state index is 0.0445. The Kier molecular flexibility index (Phi) is 5.48. The van der Waals surface area contributed by atoms with Crippen LogP contribution in [0.15, 0.2) is 21.1 Å². The van der Waals surface area contributed by atoms with Gasteiger partial charge in [-0.05, 0) is 28.1 Å². The zero-order chi connectivity index (χ0) is 14.7. The zero-order valence-corrected chi connectivity index (χ0v) is 14.3. The van der Waals surface area contributed by atoms with Gasteiger partial charge < -0.3 is 15.7 Å². The Labute approximate surface area is 137 Å². The quantitative estimate of drug-likeness (QED) is 0.696. The van der Waals surface area contributed by atoms with Crippen LogP contribution in [-0.2, 0) is 4.79 Å². The summed E-state index contributed by atoms with van der Waals surface area (Å²) in [6.45, 7) is 0.774. The number of carboxylic acid groups (broad SMARTS) is 1. The summed E-state index contributed by atoms with van der Waals surface area (Å²) in [5.74, 6) is 0.352. The molecule has 0 saturated carbocycles. The lowest BCUT2D eigenvalue weighted by Gasteiger charge is -2.23. The van der Waals surface area contributed by atoms with Crippen LogP contribution in [-0.4, -0.2) is 41.1 Å². The Morgan fingerprint density at radius 1 is 1.40 bits per heavy atom. The van der Waals surface area contributed by atoms with E-state index in [1.165, 1.54) is 6.07 Å². The van der Waals surface area contributed by atoms with Gasteiger partial charge in [-0.25, -0.2) is 4.79 Å². The van der Waals surface area contributed by atoms with Crippen molar-refractivity contribution >= 4 is 61.2 Å². The number of nitrogens with one attached hydrogen (secondary N) is 2. The van der Waals surface area contributed by atoms with E-state index < -0.39 is 5.97 Å². The van der Waals surface area contributed by atoms with Crippen molar-refractivity contribution in [3.8, 4) is 0 Å². The van der Waals surface area contributed by atoms with Crippen LogP contribution in [0.25, 0.3) is 0 Å². The number of amides is 1. The molecule has 108 valence electrons. The van der Waals surface area contributed by atoms with Gasteiger partial charge in [0.1, 0.15) is 0 Å². The molecule has 8 heteroatoms. The number of hydrogen-bond donors (Lipinski definition) is 3. The lowest BCUT2D eigenvalue weighted by molar-refractivity contribution is -0.117. The minimum Gasteiger partial charge on any atom is -0.478 e. The smallest absolute Gasteiger partial charge is 0.337 e. The van der Waals surface area contributed by atoms with E-state index in [2.05, 4.69) is 42.5 Å². The number of aromatic carboxylic acids is 1. The molecule has 3 N–H and O–H groups in total. The van der Waals surface area contributed by atoms with E-state index in [0.717, 1.165) is 12.3 Å². The fourth-order valence-electron chi connectivity index (χ4n) is 1.81. The normalized spacial score (nSPS) is 18.6. The van der Waals surface area contributed by atoms with Crippen molar-refractivity contribution in [2.24, 2.45) is 0 Å². The molecule has 2 rings (SSSR count). The Morgan fingerprint density at radius 2 is 2.15 bits per heavy atom. The first kappa shape index (κ1) is 15.8. The van der Waals surface area contributed by atoms with Gasteiger partial charge in [0.2, 0.25) is 5.91 Å². The van der Waals surface area contributed by atoms with Crippen molar-refractivity contribution in [3.63, 3.8) is 0 Å². The number of carbonyl (C=O) groups excluding carboxylic acids is 1. The molecule has 1 aliphatic rings. The van der Waals surface area contributed by atoms with E-state index >= 15 is 0 Å². The second-order valence-corrected chi connectivity index (χ2v) is 7.11. The average Bonchev–Trinajstić information content (AvgIpc) is 2.42. The molecule has 1 saturated heterocycles. The number of hydrogen-bond acceptors (Lipinski definition) is 4. The first-order valence-corrected chi connectivity index (χ1v) is 8.57. The van der Waals surface area contributed by atoms with E-state index in [-0.39, 0.29) is 23.2 Å². The molecule has 1 heterocycles. The molecule has 1 atom stereocenters. The maximum atomic E-state index is 12.2. The number of thioether (sulfide) groups is 1. The standard InChI is InChI=1S/C12H12Br2N2O3S/c13-6-3-7(12(18)19)10(8(14)4-6)16-11(17)9-5-20-2-1-15-9/h3-4,9,15H,1-2,5H2,(H,16,17)(H,18,19). The summed E-state index contributed by atoms with van der Waals surface area (Å²) in [6.07, 6.45) is 0. The largest absolute Gasteiger partial charge is 0.478 e. The third-order valence-corrected chi connectivity index (χ3v) is 4.92. The summed E-state index contributed by atoms with van der Waals surface area (Å²) in [4.78, 5) is 23.4. The number of carbonyl (C=O) groups is 2. The van der Waals surface area contributed by atoms with Crippen molar-refractivity contribution in [2.75, 3.05) is 23.4 Å². The highest BCUT2D eigenvalue weighted by molar-refractivity contribution is 9.11. The van der Waals surface area contributed by atoms with Gasteiger partial charge in [0.15, 0.2) is 0 Å². The second kappa shape index (κ2) is 6.93. The number of rotatable bonds is 3. The number of halogens is 2. The molecule has 5 nitrogen and oxygen atoms in total. The van der Waals surface area contributed by atoms with Gasteiger partial charge in [-0.1, -0.05) is 15.9 Å². The summed E-state index contributed by atoms with van der Waals surface area (Å²) < 4.78 is 1.16. The van der Waals surface area contributed by atoms with Crippen molar-refractivity contribution in [2.45, 2.75) is 6.04 Å². The highest BCUT2D eigenvalue weighted by atomic mass is 79.9. The molecule has 0 aromatic heterocycles. The molecule has 0 spiro atoms. The van der Waals surface area contributed by atoms with Gasteiger partial charge in [-0.15, -0.1) is 0 Å². The van der Waals surface area contributed by atoms with Gasteiger partial charge in [-0.2, -0.15) is 11.8 Å². The van der Waals surface area contributed by atoms with Crippen LogP contribution in [0.5, 0.6) is 0 Å². The van der Waals surface area contributed by atoms with Crippen LogP contribution in [0.1, 0.15) is 10.4 Å². The molecular formula is C12H12Br2N2O3S. The first-order chi connectivity index (χ1) is 9.49. The summed E-state index contributed by atoms with van der Waals surface area (Å²) in [6, 6.07) is 2.86. The molecule has 1 fully saturated rings.